The van der Waals surface area contributed by atoms with E-state index in [0.29, 0.717) is 17.1 Å². The van der Waals surface area contributed by atoms with E-state index >= 15 is 0 Å². The Morgan fingerprint density at radius 1 is 1.24 bits per heavy atom. The molecule has 21 heavy (non-hydrogen) atoms. The molecule has 0 saturated carbocycles. The SMILES string of the molecule is COc1cc(OC)cc(C(=O)Cc2cn3ccsc3n2)c1. The van der Waals surface area contributed by atoms with E-state index in [9.17, 15) is 4.79 Å². The number of aromatic nitrogens is 2. The number of nitrogens with zero attached hydrogens (tertiary/aromatic N) is 2. The zero-order valence-corrected chi connectivity index (χ0v) is 12.5. The molecule has 0 fully saturated rings. The van der Waals surface area contributed by atoms with Crippen molar-refractivity contribution in [3.8, 4) is 11.5 Å². The first-order valence-corrected chi connectivity index (χ1v) is 7.25. The zero-order valence-electron chi connectivity index (χ0n) is 11.7. The minimum atomic E-state index is -0.0158. The van der Waals surface area contributed by atoms with Gasteiger partial charge in [0, 0.05) is 29.4 Å². The number of rotatable bonds is 5. The van der Waals surface area contributed by atoms with Crippen molar-refractivity contribution in [3.63, 3.8) is 0 Å². The lowest BCUT2D eigenvalue weighted by Crippen LogP contribution is -2.04. The summed E-state index contributed by atoms with van der Waals surface area (Å²) in [6, 6.07) is 5.16. The highest BCUT2D eigenvalue weighted by Crippen LogP contribution is 2.23. The molecule has 0 aliphatic carbocycles. The Bertz CT molecular complexity index is 740. The molecule has 3 aromatic rings. The van der Waals surface area contributed by atoms with Crippen LogP contribution in [-0.4, -0.2) is 29.4 Å². The van der Waals surface area contributed by atoms with Crippen LogP contribution in [0.25, 0.3) is 4.96 Å². The molecule has 0 N–H and O–H groups in total. The van der Waals surface area contributed by atoms with E-state index in [1.165, 1.54) is 0 Å². The molecule has 1 aromatic carbocycles. The van der Waals surface area contributed by atoms with E-state index < -0.39 is 0 Å². The summed E-state index contributed by atoms with van der Waals surface area (Å²) in [5.74, 6) is 1.19. The molecule has 0 radical (unpaired) electrons. The number of ketones is 1. The molecule has 0 unspecified atom stereocenters. The number of carbonyl (C=O) groups is 1. The summed E-state index contributed by atoms with van der Waals surface area (Å²) in [6.07, 6.45) is 4.06. The standard InChI is InChI=1S/C15H14N2O3S/c1-19-12-5-10(6-13(8-12)20-2)14(18)7-11-9-17-3-4-21-15(17)16-11/h3-6,8-9H,7H2,1-2H3. The molecular weight excluding hydrogens is 288 g/mol. The topological polar surface area (TPSA) is 52.8 Å². The van der Waals surface area contributed by atoms with Crippen molar-refractivity contribution < 1.29 is 14.3 Å². The predicted octanol–water partition coefficient (Wildman–Crippen LogP) is 2.84. The van der Waals surface area contributed by atoms with Gasteiger partial charge in [-0.1, -0.05) is 0 Å². The van der Waals surface area contributed by atoms with Crippen molar-refractivity contribution >= 4 is 22.1 Å². The summed E-state index contributed by atoms with van der Waals surface area (Å²) >= 11 is 1.54. The number of thiazole rings is 1. The highest BCUT2D eigenvalue weighted by atomic mass is 32.1. The first kappa shape index (κ1) is 13.6. The summed E-state index contributed by atoms with van der Waals surface area (Å²) in [5, 5.41) is 1.96. The Morgan fingerprint density at radius 2 is 1.95 bits per heavy atom. The number of benzene rings is 1. The molecule has 0 saturated heterocycles. The number of carbonyl (C=O) groups excluding carboxylic acids is 1. The van der Waals surface area contributed by atoms with Gasteiger partial charge in [-0.2, -0.15) is 0 Å². The van der Waals surface area contributed by atoms with Crippen molar-refractivity contribution in [2.75, 3.05) is 14.2 Å². The van der Waals surface area contributed by atoms with Gasteiger partial charge >= 0.3 is 0 Å². The highest BCUT2D eigenvalue weighted by Gasteiger charge is 2.13. The second kappa shape index (κ2) is 5.57. The molecule has 2 aromatic heterocycles. The predicted molar refractivity (Wildman–Crippen MR) is 80.6 cm³/mol. The molecular formula is C15H14N2O3S. The number of ether oxygens (including phenoxy) is 2. The minimum Gasteiger partial charge on any atom is -0.497 e. The summed E-state index contributed by atoms with van der Waals surface area (Å²) < 4.78 is 12.3. The fourth-order valence-corrected chi connectivity index (χ4v) is 2.82. The van der Waals surface area contributed by atoms with Crippen molar-refractivity contribution in [1.82, 2.24) is 9.38 Å². The van der Waals surface area contributed by atoms with E-state index in [2.05, 4.69) is 4.98 Å². The van der Waals surface area contributed by atoms with Crippen LogP contribution >= 0.6 is 11.3 Å². The third kappa shape index (κ3) is 2.75. The molecule has 6 heteroatoms. The number of hydrogen-bond acceptors (Lipinski definition) is 5. The lowest BCUT2D eigenvalue weighted by atomic mass is 10.1. The Kier molecular flexibility index (Phi) is 3.62. The van der Waals surface area contributed by atoms with Crippen LogP contribution in [-0.2, 0) is 6.42 Å². The van der Waals surface area contributed by atoms with Crippen LogP contribution in [0.5, 0.6) is 11.5 Å². The molecule has 0 amide bonds. The number of fused-ring (bicyclic) bond motifs is 1. The Labute approximate surface area is 125 Å². The van der Waals surface area contributed by atoms with E-state index in [-0.39, 0.29) is 12.2 Å². The summed E-state index contributed by atoms with van der Waals surface area (Å²) in [4.78, 5) is 17.7. The van der Waals surface area contributed by atoms with Gasteiger partial charge in [-0.3, -0.25) is 9.20 Å². The molecule has 3 rings (SSSR count). The van der Waals surface area contributed by atoms with Crippen LogP contribution in [0.1, 0.15) is 16.1 Å². The Balaban J connectivity index is 1.85. The smallest absolute Gasteiger partial charge is 0.193 e. The van der Waals surface area contributed by atoms with Gasteiger partial charge in [0.05, 0.1) is 26.3 Å². The van der Waals surface area contributed by atoms with Crippen LogP contribution in [0, 0.1) is 0 Å². The van der Waals surface area contributed by atoms with Crippen molar-refractivity contribution in [2.24, 2.45) is 0 Å². The van der Waals surface area contributed by atoms with E-state index in [0.717, 1.165) is 10.7 Å². The first-order valence-electron chi connectivity index (χ1n) is 6.37. The lowest BCUT2D eigenvalue weighted by Gasteiger charge is -2.07. The van der Waals surface area contributed by atoms with Crippen LogP contribution in [0.15, 0.2) is 36.0 Å². The van der Waals surface area contributed by atoms with Gasteiger partial charge in [0.1, 0.15) is 11.5 Å². The molecule has 5 nitrogen and oxygen atoms in total. The van der Waals surface area contributed by atoms with Gasteiger partial charge < -0.3 is 9.47 Å². The Hall–Kier alpha value is -2.34. The maximum atomic E-state index is 12.4. The average molecular weight is 302 g/mol. The lowest BCUT2D eigenvalue weighted by molar-refractivity contribution is 0.0991. The molecule has 0 bridgehead atoms. The second-order valence-corrected chi connectivity index (χ2v) is 5.40. The summed E-state index contributed by atoms with van der Waals surface area (Å²) in [6.45, 7) is 0. The zero-order chi connectivity index (χ0) is 14.8. The number of imidazole rings is 1. The third-order valence-electron chi connectivity index (χ3n) is 3.16. The maximum Gasteiger partial charge on any atom is 0.193 e. The van der Waals surface area contributed by atoms with Gasteiger partial charge in [-0.25, -0.2) is 4.98 Å². The molecule has 0 aliphatic rings. The van der Waals surface area contributed by atoms with Gasteiger partial charge in [0.2, 0.25) is 0 Å². The number of methoxy groups -OCH3 is 2. The molecule has 2 heterocycles. The largest absolute Gasteiger partial charge is 0.497 e. The molecule has 0 atom stereocenters. The third-order valence-corrected chi connectivity index (χ3v) is 3.93. The van der Waals surface area contributed by atoms with Crippen LogP contribution in [0.3, 0.4) is 0 Å². The average Bonchev–Trinajstić information content (AvgIpc) is 3.07. The fourth-order valence-electron chi connectivity index (χ4n) is 2.10. The first-order chi connectivity index (χ1) is 10.2. The fraction of sp³-hybridized carbons (Fsp3) is 0.200. The van der Waals surface area contributed by atoms with Gasteiger partial charge in [-0.15, -0.1) is 11.3 Å². The van der Waals surface area contributed by atoms with E-state index in [4.69, 9.17) is 9.47 Å². The number of hydrogen-bond donors (Lipinski definition) is 0. The number of Topliss-reactive ketones (excluding diaryl/α,β-unsaturated/α-hetero) is 1. The van der Waals surface area contributed by atoms with E-state index in [1.54, 1.807) is 43.8 Å². The molecule has 0 aliphatic heterocycles. The normalized spacial score (nSPS) is 10.8. The van der Waals surface area contributed by atoms with Gasteiger partial charge in [0.25, 0.3) is 0 Å². The molecule has 108 valence electrons. The highest BCUT2D eigenvalue weighted by molar-refractivity contribution is 7.15. The van der Waals surface area contributed by atoms with Crippen LogP contribution in [0.4, 0.5) is 0 Å². The maximum absolute atomic E-state index is 12.4. The Morgan fingerprint density at radius 3 is 2.57 bits per heavy atom. The van der Waals surface area contributed by atoms with Gasteiger partial charge in [-0.05, 0) is 12.1 Å². The molecule has 0 spiro atoms. The monoisotopic (exact) mass is 302 g/mol. The van der Waals surface area contributed by atoms with Crippen molar-refractivity contribution in [2.45, 2.75) is 6.42 Å². The second-order valence-electron chi connectivity index (χ2n) is 4.53. The van der Waals surface area contributed by atoms with Crippen molar-refractivity contribution in [1.29, 1.82) is 0 Å². The van der Waals surface area contributed by atoms with Crippen LogP contribution in [0.2, 0.25) is 0 Å². The summed E-state index contributed by atoms with van der Waals surface area (Å²) in [7, 11) is 3.12. The van der Waals surface area contributed by atoms with Crippen LogP contribution < -0.4 is 9.47 Å². The van der Waals surface area contributed by atoms with E-state index in [1.807, 2.05) is 22.2 Å². The van der Waals surface area contributed by atoms with Crippen molar-refractivity contribution in [3.05, 3.63) is 47.2 Å². The quantitative estimate of drug-likeness (QED) is 0.680. The van der Waals surface area contributed by atoms with Gasteiger partial charge in [0.15, 0.2) is 10.7 Å². The summed E-state index contributed by atoms with van der Waals surface area (Å²) in [5.41, 5.74) is 1.32. The minimum absolute atomic E-state index is 0.0158.